The van der Waals surface area contributed by atoms with Gasteiger partial charge in [0.05, 0.1) is 10.6 Å². The second kappa shape index (κ2) is 9.86. The van der Waals surface area contributed by atoms with Crippen LogP contribution in [0.3, 0.4) is 0 Å². The van der Waals surface area contributed by atoms with Gasteiger partial charge in [-0.2, -0.15) is 0 Å². The minimum atomic E-state index is -0.183. The smallest absolute Gasteiger partial charge is 0.265 e. The van der Waals surface area contributed by atoms with Crippen molar-refractivity contribution >= 4 is 46.9 Å². The highest BCUT2D eigenvalue weighted by Crippen LogP contribution is 2.41. The van der Waals surface area contributed by atoms with Crippen LogP contribution in [0.5, 0.6) is 0 Å². The van der Waals surface area contributed by atoms with Crippen LogP contribution in [0.15, 0.2) is 88.7 Å². The number of hydrogen-bond acceptors (Lipinski definition) is 3. The van der Waals surface area contributed by atoms with Crippen molar-refractivity contribution in [2.75, 3.05) is 18.0 Å². The van der Waals surface area contributed by atoms with Crippen molar-refractivity contribution in [3.63, 3.8) is 0 Å². The van der Waals surface area contributed by atoms with E-state index in [1.54, 1.807) is 17.0 Å². The summed E-state index contributed by atoms with van der Waals surface area (Å²) in [4.78, 5) is 28.9. The number of anilines is 1. The van der Waals surface area contributed by atoms with Gasteiger partial charge in [-0.15, -0.1) is 0 Å². The monoisotopic (exact) mass is 448 g/mol. The van der Waals surface area contributed by atoms with Crippen molar-refractivity contribution in [1.29, 1.82) is 0 Å². The summed E-state index contributed by atoms with van der Waals surface area (Å²) in [6.45, 7) is 0.498. The second-order valence-corrected chi connectivity index (χ2v) is 8.63. The minimum absolute atomic E-state index is 0.0246. The highest BCUT2D eigenvalue weighted by molar-refractivity contribution is 8.04. The van der Waals surface area contributed by atoms with Crippen LogP contribution in [0.1, 0.15) is 11.1 Å². The van der Waals surface area contributed by atoms with Crippen molar-refractivity contribution in [3.05, 3.63) is 99.9 Å². The van der Waals surface area contributed by atoms with E-state index < -0.39 is 0 Å². The van der Waals surface area contributed by atoms with Crippen LogP contribution >= 0.6 is 23.4 Å². The summed E-state index contributed by atoms with van der Waals surface area (Å²) in [5.41, 5.74) is 2.79. The maximum absolute atomic E-state index is 13.2. The fourth-order valence-electron chi connectivity index (χ4n) is 3.32. The largest absolute Gasteiger partial charge is 0.354 e. The van der Waals surface area contributed by atoms with Crippen LogP contribution in [0.2, 0.25) is 5.02 Å². The van der Waals surface area contributed by atoms with E-state index in [4.69, 9.17) is 11.6 Å². The third kappa shape index (κ3) is 5.37. The summed E-state index contributed by atoms with van der Waals surface area (Å²) >= 11 is 7.38. The Morgan fingerprint density at radius 2 is 1.68 bits per heavy atom. The molecule has 3 aromatic rings. The number of benzene rings is 3. The fourth-order valence-corrected chi connectivity index (χ4v) is 4.50. The number of halogens is 1. The molecule has 0 spiro atoms. The van der Waals surface area contributed by atoms with Gasteiger partial charge in [0.2, 0.25) is 5.91 Å². The van der Waals surface area contributed by atoms with Crippen LogP contribution in [-0.4, -0.2) is 24.9 Å². The zero-order chi connectivity index (χ0) is 21.6. The van der Waals surface area contributed by atoms with Gasteiger partial charge in [0.15, 0.2) is 0 Å². The highest BCUT2D eigenvalue weighted by Gasteiger charge is 2.30. The van der Waals surface area contributed by atoms with E-state index in [9.17, 15) is 9.59 Å². The molecule has 3 aromatic carbocycles. The van der Waals surface area contributed by atoms with Gasteiger partial charge in [-0.05, 0) is 47.9 Å². The molecule has 0 aromatic heterocycles. The molecule has 0 saturated carbocycles. The summed E-state index contributed by atoms with van der Waals surface area (Å²) in [6, 6.07) is 24.9. The molecule has 4 rings (SSSR count). The Balaban J connectivity index is 1.49. The molecule has 0 aliphatic carbocycles. The van der Waals surface area contributed by atoms with E-state index in [2.05, 4.69) is 5.32 Å². The molecular weight excluding hydrogens is 428 g/mol. The lowest BCUT2D eigenvalue weighted by atomic mass is 10.1. The molecule has 0 atom stereocenters. The molecule has 0 fully saturated rings. The lowest BCUT2D eigenvalue weighted by Gasteiger charge is -2.29. The first-order valence-electron chi connectivity index (χ1n) is 9.97. The van der Waals surface area contributed by atoms with Crippen molar-refractivity contribution in [2.45, 2.75) is 11.3 Å². The number of nitrogens with zero attached hydrogens (tertiary/aromatic N) is 1. The minimum Gasteiger partial charge on any atom is -0.354 e. The van der Waals surface area contributed by atoms with E-state index in [0.717, 1.165) is 28.1 Å². The first kappa shape index (κ1) is 21.2. The second-order valence-electron chi connectivity index (χ2n) is 7.11. The van der Waals surface area contributed by atoms with Gasteiger partial charge >= 0.3 is 0 Å². The first-order valence-corrected chi connectivity index (χ1v) is 11.2. The number of hydrogen-bond donors (Lipinski definition) is 1. The molecular formula is C25H21ClN2O2S. The van der Waals surface area contributed by atoms with Crippen LogP contribution in [-0.2, 0) is 16.0 Å². The Labute approximate surface area is 190 Å². The predicted molar refractivity (Wildman–Crippen MR) is 127 cm³/mol. The topological polar surface area (TPSA) is 49.4 Å². The van der Waals surface area contributed by atoms with Crippen LogP contribution in [0.4, 0.5) is 5.69 Å². The number of nitrogens with one attached hydrogen (secondary N) is 1. The van der Waals surface area contributed by atoms with E-state index in [0.29, 0.717) is 16.5 Å². The molecule has 1 N–H and O–H groups in total. The fraction of sp³-hybridized carbons (Fsp3) is 0.120. The number of thioether (sulfide) groups is 1. The van der Waals surface area contributed by atoms with E-state index in [-0.39, 0.29) is 18.4 Å². The summed E-state index contributed by atoms with van der Waals surface area (Å²) in [5.74, 6) is -0.367. The summed E-state index contributed by atoms with van der Waals surface area (Å²) in [5, 5.41) is 3.57. The Kier molecular flexibility index (Phi) is 6.75. The number of carbonyl (C=O) groups excluding carboxylic acids is 2. The predicted octanol–water partition coefficient (Wildman–Crippen LogP) is 5.18. The molecule has 6 heteroatoms. The normalized spacial score (nSPS) is 14.4. The molecule has 1 heterocycles. The quantitative estimate of drug-likeness (QED) is 0.528. The standard InChI is InChI=1S/C25H21ClN2O2S/c26-20-12-10-19(11-13-20)16-23-25(30)28(21-8-4-5-9-22(21)31-23)17-24(29)27-15-14-18-6-2-1-3-7-18/h1-13,16H,14-15,17H2,(H,27,29). The summed E-state index contributed by atoms with van der Waals surface area (Å²) < 4.78 is 0. The molecule has 0 saturated heterocycles. The van der Waals surface area contributed by atoms with Crippen molar-refractivity contribution in [1.82, 2.24) is 5.32 Å². The van der Waals surface area contributed by atoms with Crippen LogP contribution < -0.4 is 10.2 Å². The van der Waals surface area contributed by atoms with Crippen LogP contribution in [0, 0.1) is 0 Å². The number of carbonyl (C=O) groups is 2. The summed E-state index contributed by atoms with van der Waals surface area (Å²) in [7, 11) is 0. The Morgan fingerprint density at radius 1 is 0.968 bits per heavy atom. The average Bonchev–Trinajstić information content (AvgIpc) is 2.79. The van der Waals surface area contributed by atoms with E-state index >= 15 is 0 Å². The number of para-hydroxylation sites is 1. The van der Waals surface area contributed by atoms with Gasteiger partial charge in [-0.25, -0.2) is 0 Å². The molecule has 1 aliphatic rings. The maximum Gasteiger partial charge on any atom is 0.265 e. The zero-order valence-corrected chi connectivity index (χ0v) is 18.3. The molecule has 4 nitrogen and oxygen atoms in total. The van der Waals surface area contributed by atoms with Gasteiger partial charge in [0.25, 0.3) is 5.91 Å². The zero-order valence-electron chi connectivity index (χ0n) is 16.8. The van der Waals surface area contributed by atoms with Gasteiger partial charge in [0, 0.05) is 16.5 Å². The molecule has 0 unspecified atom stereocenters. The third-order valence-corrected chi connectivity index (χ3v) is 6.21. The number of fused-ring (bicyclic) bond motifs is 1. The van der Waals surface area contributed by atoms with Gasteiger partial charge in [-0.3, -0.25) is 14.5 Å². The average molecular weight is 449 g/mol. The molecule has 1 aliphatic heterocycles. The maximum atomic E-state index is 13.2. The lowest BCUT2D eigenvalue weighted by Crippen LogP contribution is -2.43. The third-order valence-electron chi connectivity index (χ3n) is 4.88. The van der Waals surface area contributed by atoms with Crippen molar-refractivity contribution in [3.8, 4) is 0 Å². The molecule has 0 bridgehead atoms. The number of amides is 2. The van der Waals surface area contributed by atoms with Crippen molar-refractivity contribution < 1.29 is 9.59 Å². The van der Waals surface area contributed by atoms with Crippen LogP contribution in [0.25, 0.3) is 6.08 Å². The van der Waals surface area contributed by atoms with Gasteiger partial charge in [0.1, 0.15) is 6.54 Å². The van der Waals surface area contributed by atoms with E-state index in [1.165, 1.54) is 11.8 Å². The molecule has 156 valence electrons. The lowest BCUT2D eigenvalue weighted by molar-refractivity contribution is -0.122. The molecule has 0 radical (unpaired) electrons. The molecule has 31 heavy (non-hydrogen) atoms. The first-order chi connectivity index (χ1) is 15.1. The van der Waals surface area contributed by atoms with Gasteiger partial charge in [-0.1, -0.05) is 78.0 Å². The molecule has 2 amide bonds. The van der Waals surface area contributed by atoms with Gasteiger partial charge < -0.3 is 5.32 Å². The Hall–Kier alpha value is -3.02. The Morgan fingerprint density at radius 3 is 2.45 bits per heavy atom. The Bertz CT molecular complexity index is 1110. The number of rotatable bonds is 6. The SMILES string of the molecule is O=C(CN1C(=O)C(=Cc2ccc(Cl)cc2)Sc2ccccc21)NCCc1ccccc1. The van der Waals surface area contributed by atoms with E-state index in [1.807, 2.05) is 72.8 Å². The highest BCUT2D eigenvalue weighted by atomic mass is 35.5. The summed E-state index contributed by atoms with van der Waals surface area (Å²) in [6.07, 6.45) is 2.58. The van der Waals surface area contributed by atoms with Crippen molar-refractivity contribution in [2.24, 2.45) is 0 Å².